The largest absolute Gasteiger partial charge is 0.466 e. The lowest BCUT2D eigenvalue weighted by Crippen LogP contribution is -2.14. The normalized spacial score (nSPS) is 10.0. The molecule has 0 saturated heterocycles. The number of hydrogen-bond acceptors (Lipinski definition) is 18. The topological polar surface area (TPSA) is 233 Å². The van der Waals surface area contributed by atoms with Crippen molar-refractivity contribution >= 4 is 82.2 Å². The van der Waals surface area contributed by atoms with Gasteiger partial charge in [-0.25, -0.2) is 9.59 Å². The predicted octanol–water partition coefficient (Wildman–Crippen LogP) is 11.6. The summed E-state index contributed by atoms with van der Waals surface area (Å²) in [5.41, 5.74) is 12.8. The summed E-state index contributed by atoms with van der Waals surface area (Å²) in [4.78, 5) is 110. The van der Waals surface area contributed by atoms with Crippen LogP contribution in [0.3, 0.4) is 0 Å². The van der Waals surface area contributed by atoms with Gasteiger partial charge in [0.05, 0.1) is 25.4 Å². The van der Waals surface area contributed by atoms with Crippen molar-refractivity contribution in [2.24, 2.45) is 0 Å². The molecule has 0 amide bonds. The fourth-order valence-electron chi connectivity index (χ4n) is 8.17. The van der Waals surface area contributed by atoms with Gasteiger partial charge >= 0.3 is 48.1 Å². The number of methoxy groups -OCH3 is 2. The summed E-state index contributed by atoms with van der Waals surface area (Å²) in [5, 5.41) is 0. The van der Waals surface area contributed by atoms with Crippen molar-refractivity contribution < 1.29 is 76.4 Å². The van der Waals surface area contributed by atoms with Crippen molar-refractivity contribution in [3.63, 3.8) is 0 Å². The first-order chi connectivity index (χ1) is 41.3. The monoisotopic (exact) mass is 1170 g/mol. The highest BCUT2D eigenvalue weighted by Crippen LogP contribution is 2.39. The Morgan fingerprint density at radius 3 is 0.744 bits per heavy atom. The van der Waals surface area contributed by atoms with Crippen molar-refractivity contribution in [3.8, 4) is 11.1 Å². The molecule has 18 heteroatoms. The van der Waals surface area contributed by atoms with Gasteiger partial charge in [-0.05, 0) is 157 Å². The summed E-state index contributed by atoms with van der Waals surface area (Å²) >= 11 is 0. The minimum absolute atomic E-state index is 0.0501. The average Bonchev–Trinajstić information content (AvgIpc) is 3.16. The molecular weight excluding hydrogens is 1100 g/mol. The average molecular weight is 1170 g/mol. The Hall–Kier alpha value is -10.5. The van der Waals surface area contributed by atoms with E-state index in [1.54, 1.807) is 0 Å². The Labute approximate surface area is 499 Å². The van der Waals surface area contributed by atoms with Gasteiger partial charge in [0.2, 0.25) is 0 Å². The van der Waals surface area contributed by atoms with E-state index in [-0.39, 0.29) is 87.5 Å². The number of nitrogens with zero attached hydrogens (tertiary/aromatic N) is 2. The van der Waals surface area contributed by atoms with Gasteiger partial charge in [0, 0.05) is 59.8 Å². The molecule has 0 heterocycles. The van der Waals surface area contributed by atoms with Crippen molar-refractivity contribution in [1.29, 1.82) is 0 Å². The van der Waals surface area contributed by atoms with E-state index in [0.717, 1.165) is 78.7 Å². The van der Waals surface area contributed by atoms with Gasteiger partial charge in [-0.3, -0.25) is 19.2 Å². The molecule has 0 N–H and O–H groups in total. The molecule has 0 aliphatic heterocycles. The maximum atomic E-state index is 12.5. The molecular formula is C68H68N2O16. The maximum Gasteiger partial charge on any atom is 0.373 e. The third kappa shape index (κ3) is 23.0. The van der Waals surface area contributed by atoms with Crippen LogP contribution in [0.2, 0.25) is 0 Å². The van der Waals surface area contributed by atoms with Gasteiger partial charge in [-0.2, -0.15) is 19.2 Å². The SMILES string of the molecule is C=C(C)COC(=O)CCc1ccc(N(c2ccc(CCC(=O)OCC(=C)C)cc2)c2ccc(-c3ccc(N(c4ccc(CCC(=O)OCC(=C)C(=O)OC)cc4)c4ccc(CCC(=O)OCC(=C)C(=O)OC)cc4)cc3)cc2)cc1.O=C=O.O=C=O. The zero-order valence-electron chi connectivity index (χ0n) is 48.6. The highest BCUT2D eigenvalue weighted by atomic mass is 16.6. The van der Waals surface area contributed by atoms with Gasteiger partial charge in [-0.1, -0.05) is 99.1 Å². The molecule has 0 radical (unpaired) electrons. The molecule has 0 unspecified atom stereocenters. The molecule has 18 nitrogen and oxygen atoms in total. The van der Waals surface area contributed by atoms with Crippen molar-refractivity contribution in [3.05, 3.63) is 216 Å². The van der Waals surface area contributed by atoms with E-state index in [4.69, 9.17) is 38.1 Å². The second-order valence-corrected chi connectivity index (χ2v) is 19.3. The summed E-state index contributed by atoms with van der Waals surface area (Å²) in [6.45, 7) is 18.4. The van der Waals surface area contributed by atoms with E-state index in [1.807, 2.05) is 111 Å². The van der Waals surface area contributed by atoms with Crippen LogP contribution in [0, 0.1) is 0 Å². The number of esters is 6. The van der Waals surface area contributed by atoms with Crippen molar-refractivity contribution in [1.82, 2.24) is 0 Å². The van der Waals surface area contributed by atoms with Crippen LogP contribution < -0.4 is 9.80 Å². The molecule has 86 heavy (non-hydrogen) atoms. The zero-order chi connectivity index (χ0) is 63.0. The Bertz CT molecular complexity index is 3180. The fourth-order valence-corrected chi connectivity index (χ4v) is 8.17. The highest BCUT2D eigenvalue weighted by Gasteiger charge is 2.18. The Morgan fingerprint density at radius 1 is 0.349 bits per heavy atom. The van der Waals surface area contributed by atoms with Gasteiger partial charge < -0.3 is 38.2 Å². The van der Waals surface area contributed by atoms with Gasteiger partial charge in [0.1, 0.15) is 26.4 Å². The van der Waals surface area contributed by atoms with Gasteiger partial charge in [0.25, 0.3) is 0 Å². The van der Waals surface area contributed by atoms with Crippen LogP contribution in [0.5, 0.6) is 0 Å². The van der Waals surface area contributed by atoms with Crippen molar-refractivity contribution in [2.75, 3.05) is 50.4 Å². The Morgan fingerprint density at radius 2 is 0.547 bits per heavy atom. The second kappa shape index (κ2) is 36.1. The minimum Gasteiger partial charge on any atom is -0.466 e. The molecule has 0 spiro atoms. The van der Waals surface area contributed by atoms with Crippen LogP contribution in [0.4, 0.5) is 34.1 Å². The van der Waals surface area contributed by atoms with Crippen LogP contribution in [-0.4, -0.2) is 88.8 Å². The number of rotatable bonds is 29. The first-order valence-electron chi connectivity index (χ1n) is 26.9. The quantitative estimate of drug-likeness (QED) is 0.0184. The van der Waals surface area contributed by atoms with Gasteiger partial charge in [-0.15, -0.1) is 0 Å². The van der Waals surface area contributed by atoms with Crippen molar-refractivity contribution in [2.45, 2.75) is 65.2 Å². The standard InChI is InChI=1S/C66H68N2O12.2CO2/c1-45(2)41-77-61(69)37-17-49-9-25-55(26-10-49)67(56-27-11-50(12-28-56)18-38-62(70)78-42-46(3)4)59-33-21-53(22-34-59)54-23-35-60(36-24-54)68(57-29-13-51(14-30-57)19-39-63(71)79-43-47(5)65(73)75-7)58-31-15-52(16-32-58)20-40-64(72)80-44-48(6)66(74)76-8;2*2-1-3/h9-16,21-36H,1,3,5-6,17-20,37-44H2,2,4,7-8H3;;. The molecule has 0 fully saturated rings. The molecule has 0 atom stereocenters. The Kier molecular flexibility index (Phi) is 28.6. The summed E-state index contributed by atoms with van der Waals surface area (Å²) < 4.78 is 30.3. The predicted molar refractivity (Wildman–Crippen MR) is 320 cm³/mol. The highest BCUT2D eigenvalue weighted by molar-refractivity contribution is 5.89. The number of benzene rings is 6. The number of ether oxygens (including phenoxy) is 6. The molecule has 446 valence electrons. The first-order valence-corrected chi connectivity index (χ1v) is 26.9. The molecule has 0 aromatic heterocycles. The third-order valence-corrected chi connectivity index (χ3v) is 12.6. The molecule has 6 rings (SSSR count). The lowest BCUT2D eigenvalue weighted by Gasteiger charge is -2.27. The van der Waals surface area contributed by atoms with Crippen LogP contribution in [-0.2, 0) is 102 Å². The van der Waals surface area contributed by atoms with Crippen LogP contribution in [0.25, 0.3) is 11.1 Å². The van der Waals surface area contributed by atoms with E-state index in [9.17, 15) is 28.8 Å². The number of carbonyl (C=O) groups is 6. The lowest BCUT2D eigenvalue weighted by atomic mass is 10.0. The molecule has 0 aliphatic rings. The third-order valence-electron chi connectivity index (χ3n) is 12.6. The van der Waals surface area contributed by atoms with Crippen LogP contribution in [0.1, 0.15) is 61.8 Å². The Balaban J connectivity index is 0.00000253. The van der Waals surface area contributed by atoms with E-state index in [2.05, 4.69) is 94.1 Å². The molecule has 6 aromatic carbocycles. The number of carbonyl (C=O) groups excluding carboxylic acids is 10. The number of anilines is 6. The zero-order valence-corrected chi connectivity index (χ0v) is 48.6. The minimum atomic E-state index is -0.637. The first kappa shape index (κ1) is 68.0. The van der Waals surface area contributed by atoms with Crippen LogP contribution >= 0.6 is 0 Å². The lowest BCUT2D eigenvalue weighted by molar-refractivity contribution is -0.193. The maximum absolute atomic E-state index is 12.5. The summed E-state index contributed by atoms with van der Waals surface area (Å²) in [6, 6.07) is 48.5. The number of hydrogen-bond donors (Lipinski definition) is 0. The number of aryl methyl sites for hydroxylation is 4. The van der Waals surface area contributed by atoms with E-state index < -0.39 is 23.9 Å². The van der Waals surface area contributed by atoms with Gasteiger partial charge in [0.15, 0.2) is 0 Å². The summed E-state index contributed by atoms with van der Waals surface area (Å²) in [5.74, 6) is -2.76. The molecule has 0 aliphatic carbocycles. The molecule has 6 aromatic rings. The smallest absolute Gasteiger partial charge is 0.373 e. The molecule has 0 saturated carbocycles. The van der Waals surface area contributed by atoms with E-state index >= 15 is 0 Å². The van der Waals surface area contributed by atoms with Crippen LogP contribution in [0.15, 0.2) is 194 Å². The fraction of sp³-hybridized carbons (Fsp3) is 0.235. The summed E-state index contributed by atoms with van der Waals surface area (Å²) in [7, 11) is 2.47. The molecule has 0 bridgehead atoms. The second-order valence-electron chi connectivity index (χ2n) is 19.3. The van der Waals surface area contributed by atoms with E-state index in [0.29, 0.717) is 25.7 Å². The van der Waals surface area contributed by atoms with E-state index in [1.165, 1.54) is 14.2 Å². The summed E-state index contributed by atoms with van der Waals surface area (Å²) in [6.07, 6.45) is 3.08.